The predicted molar refractivity (Wildman–Crippen MR) is 68.9 cm³/mol. The first-order valence-electron chi connectivity index (χ1n) is 6.52. The molecule has 4 nitrogen and oxygen atoms in total. The fourth-order valence-corrected chi connectivity index (χ4v) is 2.31. The van der Waals surface area contributed by atoms with Crippen molar-refractivity contribution in [2.45, 2.75) is 39.2 Å². The molecule has 0 amide bonds. The highest BCUT2D eigenvalue weighted by atomic mass is 16.5. The van der Waals surface area contributed by atoms with Gasteiger partial charge in [0.15, 0.2) is 0 Å². The minimum absolute atomic E-state index is 0.170. The second-order valence-electron chi connectivity index (χ2n) is 5.33. The Bertz CT molecular complexity index is 248. The number of rotatable bonds is 5. The lowest BCUT2D eigenvalue weighted by Gasteiger charge is -2.39. The Kier molecular flexibility index (Phi) is 5.40. The lowest BCUT2D eigenvalue weighted by molar-refractivity contribution is -0.143. The van der Waals surface area contributed by atoms with E-state index in [9.17, 15) is 4.79 Å². The van der Waals surface area contributed by atoms with Crippen molar-refractivity contribution in [1.29, 1.82) is 0 Å². The Labute approximate surface area is 105 Å². The second kappa shape index (κ2) is 6.36. The van der Waals surface area contributed by atoms with Gasteiger partial charge in [0.2, 0.25) is 0 Å². The highest BCUT2D eigenvalue weighted by Gasteiger charge is 2.30. The standard InChI is InChI=1S/C13H26N2O2/c1-5-13(2)6-8-15(9-7-13)10-11(14-3)12(16)17-4/h11,14H,5-10H2,1-4H3. The number of nitrogens with zero attached hydrogens (tertiary/aromatic N) is 1. The van der Waals surface area contributed by atoms with Crippen LogP contribution in [-0.4, -0.2) is 50.7 Å². The minimum Gasteiger partial charge on any atom is -0.468 e. The Balaban J connectivity index is 2.41. The van der Waals surface area contributed by atoms with Crippen LogP contribution in [0.3, 0.4) is 0 Å². The summed E-state index contributed by atoms with van der Waals surface area (Å²) in [5.41, 5.74) is 0.497. The normalized spacial score (nSPS) is 22.1. The predicted octanol–water partition coefficient (Wildman–Crippen LogP) is 1.26. The molecular formula is C13H26N2O2. The molecule has 1 fully saturated rings. The molecule has 1 heterocycles. The van der Waals surface area contributed by atoms with Gasteiger partial charge in [-0.05, 0) is 38.4 Å². The van der Waals surface area contributed by atoms with Gasteiger partial charge in [0, 0.05) is 6.54 Å². The number of carbonyl (C=O) groups is 1. The molecule has 1 saturated heterocycles. The zero-order valence-corrected chi connectivity index (χ0v) is 11.6. The number of ether oxygens (including phenoxy) is 1. The fourth-order valence-electron chi connectivity index (χ4n) is 2.31. The largest absolute Gasteiger partial charge is 0.468 e. The Morgan fingerprint density at radius 3 is 2.47 bits per heavy atom. The van der Waals surface area contributed by atoms with Gasteiger partial charge < -0.3 is 15.0 Å². The van der Waals surface area contributed by atoms with Crippen LogP contribution >= 0.6 is 0 Å². The number of hydrogen-bond donors (Lipinski definition) is 1. The maximum atomic E-state index is 11.5. The first-order chi connectivity index (χ1) is 8.04. The number of methoxy groups -OCH3 is 1. The number of hydrogen-bond acceptors (Lipinski definition) is 4. The average molecular weight is 242 g/mol. The third kappa shape index (κ3) is 3.96. The highest BCUT2D eigenvalue weighted by Crippen LogP contribution is 2.33. The van der Waals surface area contributed by atoms with Crippen LogP contribution in [0.15, 0.2) is 0 Å². The quantitative estimate of drug-likeness (QED) is 0.737. The Hall–Kier alpha value is -0.610. The summed E-state index contributed by atoms with van der Waals surface area (Å²) in [6.07, 6.45) is 3.69. The first-order valence-corrected chi connectivity index (χ1v) is 6.52. The molecule has 1 aliphatic heterocycles. The number of nitrogens with one attached hydrogen (secondary N) is 1. The van der Waals surface area contributed by atoms with Crippen molar-refractivity contribution < 1.29 is 9.53 Å². The van der Waals surface area contributed by atoms with Gasteiger partial charge in [-0.1, -0.05) is 20.3 Å². The van der Waals surface area contributed by atoms with Gasteiger partial charge in [0.05, 0.1) is 7.11 Å². The highest BCUT2D eigenvalue weighted by molar-refractivity contribution is 5.75. The summed E-state index contributed by atoms with van der Waals surface area (Å²) in [6.45, 7) is 7.54. The third-order valence-corrected chi connectivity index (χ3v) is 4.19. The summed E-state index contributed by atoms with van der Waals surface area (Å²) in [5.74, 6) is -0.170. The molecule has 1 aliphatic rings. The van der Waals surface area contributed by atoms with Gasteiger partial charge in [-0.25, -0.2) is 0 Å². The van der Waals surface area contributed by atoms with Gasteiger partial charge in [-0.3, -0.25) is 4.79 Å². The molecule has 0 aliphatic carbocycles. The van der Waals surface area contributed by atoms with Crippen LogP contribution in [0.25, 0.3) is 0 Å². The van der Waals surface area contributed by atoms with Crippen molar-refractivity contribution in [2.75, 3.05) is 33.8 Å². The number of likely N-dealkylation sites (tertiary alicyclic amines) is 1. The molecule has 100 valence electrons. The topological polar surface area (TPSA) is 41.6 Å². The van der Waals surface area contributed by atoms with E-state index < -0.39 is 0 Å². The molecular weight excluding hydrogens is 216 g/mol. The molecule has 0 radical (unpaired) electrons. The van der Waals surface area contributed by atoms with Crippen molar-refractivity contribution in [2.24, 2.45) is 5.41 Å². The fraction of sp³-hybridized carbons (Fsp3) is 0.923. The zero-order chi connectivity index (χ0) is 12.9. The first kappa shape index (κ1) is 14.5. The molecule has 0 aromatic rings. The van der Waals surface area contributed by atoms with Gasteiger partial charge in [0.25, 0.3) is 0 Å². The number of esters is 1. The van der Waals surface area contributed by atoms with Gasteiger partial charge in [-0.2, -0.15) is 0 Å². The summed E-state index contributed by atoms with van der Waals surface area (Å²) >= 11 is 0. The molecule has 0 spiro atoms. The second-order valence-corrected chi connectivity index (χ2v) is 5.33. The molecule has 17 heavy (non-hydrogen) atoms. The van der Waals surface area contributed by atoms with E-state index in [0.717, 1.165) is 19.6 Å². The summed E-state index contributed by atoms with van der Waals surface area (Å²) < 4.78 is 4.78. The molecule has 1 atom stereocenters. The van der Waals surface area contributed by atoms with Crippen LogP contribution < -0.4 is 5.32 Å². The minimum atomic E-state index is -0.203. The average Bonchev–Trinajstić information content (AvgIpc) is 2.37. The Morgan fingerprint density at radius 1 is 1.47 bits per heavy atom. The van der Waals surface area contributed by atoms with E-state index in [1.165, 1.54) is 26.4 Å². The summed E-state index contributed by atoms with van der Waals surface area (Å²) in [7, 11) is 3.25. The van der Waals surface area contributed by atoms with Crippen LogP contribution in [-0.2, 0) is 9.53 Å². The van der Waals surface area contributed by atoms with Crippen molar-refractivity contribution in [3.8, 4) is 0 Å². The maximum absolute atomic E-state index is 11.5. The number of piperidine rings is 1. The van der Waals surface area contributed by atoms with Crippen LogP contribution in [0.4, 0.5) is 0 Å². The van der Waals surface area contributed by atoms with E-state index in [1.54, 1.807) is 0 Å². The van der Waals surface area contributed by atoms with E-state index in [0.29, 0.717) is 5.41 Å². The molecule has 0 saturated carbocycles. The number of likely N-dealkylation sites (N-methyl/N-ethyl adjacent to an activating group) is 1. The van der Waals surface area contributed by atoms with Crippen molar-refractivity contribution in [3.63, 3.8) is 0 Å². The van der Waals surface area contributed by atoms with E-state index in [4.69, 9.17) is 4.74 Å². The summed E-state index contributed by atoms with van der Waals surface area (Å²) in [4.78, 5) is 13.8. The molecule has 0 aromatic carbocycles. The van der Waals surface area contributed by atoms with Crippen LogP contribution in [0, 0.1) is 5.41 Å². The van der Waals surface area contributed by atoms with E-state index in [-0.39, 0.29) is 12.0 Å². The molecule has 1 rings (SSSR count). The van der Waals surface area contributed by atoms with Gasteiger partial charge in [0.1, 0.15) is 6.04 Å². The summed E-state index contributed by atoms with van der Waals surface area (Å²) in [6, 6.07) is -0.203. The molecule has 0 aromatic heterocycles. The SMILES string of the molecule is CCC1(C)CCN(CC(NC)C(=O)OC)CC1. The van der Waals surface area contributed by atoms with Crippen molar-refractivity contribution in [1.82, 2.24) is 10.2 Å². The van der Waals surface area contributed by atoms with Crippen molar-refractivity contribution >= 4 is 5.97 Å². The lowest BCUT2D eigenvalue weighted by atomic mass is 9.78. The molecule has 4 heteroatoms. The number of carbonyl (C=O) groups excluding carboxylic acids is 1. The Morgan fingerprint density at radius 2 is 2.06 bits per heavy atom. The van der Waals surface area contributed by atoms with E-state index >= 15 is 0 Å². The summed E-state index contributed by atoms with van der Waals surface area (Å²) in [5, 5.41) is 3.02. The van der Waals surface area contributed by atoms with E-state index in [2.05, 4.69) is 24.1 Å². The molecule has 1 unspecified atom stereocenters. The lowest BCUT2D eigenvalue weighted by Crippen LogP contribution is -2.48. The zero-order valence-electron chi connectivity index (χ0n) is 11.6. The third-order valence-electron chi connectivity index (χ3n) is 4.19. The monoisotopic (exact) mass is 242 g/mol. The molecule has 0 bridgehead atoms. The van der Waals surface area contributed by atoms with E-state index in [1.807, 2.05) is 7.05 Å². The molecule has 1 N–H and O–H groups in total. The van der Waals surface area contributed by atoms with Gasteiger partial charge >= 0.3 is 5.97 Å². The van der Waals surface area contributed by atoms with Crippen LogP contribution in [0.1, 0.15) is 33.1 Å². The van der Waals surface area contributed by atoms with Crippen LogP contribution in [0.2, 0.25) is 0 Å². The van der Waals surface area contributed by atoms with Crippen molar-refractivity contribution in [3.05, 3.63) is 0 Å². The van der Waals surface area contributed by atoms with Crippen LogP contribution in [0.5, 0.6) is 0 Å². The smallest absolute Gasteiger partial charge is 0.324 e. The maximum Gasteiger partial charge on any atom is 0.324 e. The van der Waals surface area contributed by atoms with Gasteiger partial charge in [-0.15, -0.1) is 0 Å².